The lowest BCUT2D eigenvalue weighted by molar-refractivity contribution is -0.135. The van der Waals surface area contributed by atoms with Crippen LogP contribution in [0.3, 0.4) is 0 Å². The summed E-state index contributed by atoms with van der Waals surface area (Å²) in [6.07, 6.45) is 3.00. The number of ether oxygens (including phenoxy) is 3. The van der Waals surface area contributed by atoms with Crippen LogP contribution in [0.1, 0.15) is 18.1 Å². The van der Waals surface area contributed by atoms with E-state index in [4.69, 9.17) is 14.2 Å². The highest BCUT2D eigenvalue weighted by Gasteiger charge is 2.15. The fourth-order valence-corrected chi connectivity index (χ4v) is 5.11. The Balaban J connectivity index is 1.39. The van der Waals surface area contributed by atoms with Gasteiger partial charge in [-0.25, -0.2) is 4.79 Å². The Kier molecular flexibility index (Phi) is 7.88. The number of hydrogen-bond acceptors (Lipinski definition) is 7. The minimum absolute atomic E-state index is 0.169. The molecule has 1 aromatic heterocycles. The zero-order chi connectivity index (χ0) is 27.2. The van der Waals surface area contributed by atoms with E-state index < -0.39 is 5.97 Å². The van der Waals surface area contributed by atoms with Gasteiger partial charge in [0.15, 0.2) is 11.5 Å². The second-order valence-corrected chi connectivity index (χ2v) is 9.75. The predicted molar refractivity (Wildman–Crippen MR) is 149 cm³/mol. The van der Waals surface area contributed by atoms with Gasteiger partial charge in [0.2, 0.25) is 12.7 Å². The Hall–Kier alpha value is -4.63. The molecule has 0 fully saturated rings. The van der Waals surface area contributed by atoms with Crippen LogP contribution < -0.4 is 29.5 Å². The molecule has 5 rings (SSSR count). The number of nitrogens with one attached hydrogen (secondary N) is 1. The third-order valence-electron chi connectivity index (χ3n) is 6.01. The van der Waals surface area contributed by atoms with Crippen LogP contribution >= 0.6 is 11.3 Å². The average Bonchev–Trinajstić information content (AvgIpc) is 3.53. The lowest BCUT2D eigenvalue weighted by Crippen LogP contribution is -2.38. The monoisotopic (exact) mass is 542 g/mol. The maximum Gasteiger partial charge on any atom is 0.333 e. The Morgan fingerprint density at radius 2 is 1.74 bits per heavy atom. The Morgan fingerprint density at radius 3 is 2.51 bits per heavy atom. The second-order valence-electron chi connectivity index (χ2n) is 8.69. The van der Waals surface area contributed by atoms with Gasteiger partial charge in [-0.15, -0.1) is 11.3 Å². The molecule has 0 saturated heterocycles. The third-order valence-corrected chi connectivity index (χ3v) is 7.07. The van der Waals surface area contributed by atoms with Gasteiger partial charge in [0, 0.05) is 6.54 Å². The number of carbonyl (C=O) groups is 2. The number of carbonyl (C=O) groups excluding carboxylic acids is 2. The highest BCUT2D eigenvalue weighted by Crippen LogP contribution is 2.32. The van der Waals surface area contributed by atoms with Crippen molar-refractivity contribution in [1.82, 2.24) is 9.88 Å². The number of rotatable bonds is 8. The van der Waals surface area contributed by atoms with E-state index in [1.54, 1.807) is 25.1 Å². The molecule has 0 atom stereocenters. The van der Waals surface area contributed by atoms with Crippen molar-refractivity contribution in [3.05, 3.63) is 103 Å². The molecule has 4 aromatic rings. The topological polar surface area (TPSA) is 95.9 Å². The van der Waals surface area contributed by atoms with Crippen LogP contribution in [-0.4, -0.2) is 29.8 Å². The van der Waals surface area contributed by atoms with Crippen LogP contribution in [0.2, 0.25) is 0 Å². The SMILES string of the molecule is CCOC(=O)/C=c1\s/c(=C/c2ccc(-c3ccccc3)cc2)c(=O)n1CC(=O)NCc1ccc2c(c1)OCO2. The summed E-state index contributed by atoms with van der Waals surface area (Å²) in [4.78, 5) is 38.3. The molecule has 0 spiro atoms. The Morgan fingerprint density at radius 1 is 1.00 bits per heavy atom. The summed E-state index contributed by atoms with van der Waals surface area (Å²) in [6, 6.07) is 23.3. The van der Waals surface area contributed by atoms with E-state index in [0.29, 0.717) is 20.7 Å². The summed E-state index contributed by atoms with van der Waals surface area (Å²) in [7, 11) is 0. The smallest absolute Gasteiger partial charge is 0.333 e. The van der Waals surface area contributed by atoms with Gasteiger partial charge in [-0.1, -0.05) is 60.7 Å². The molecule has 0 unspecified atom stereocenters. The van der Waals surface area contributed by atoms with Crippen LogP contribution in [0.15, 0.2) is 77.6 Å². The zero-order valence-corrected chi connectivity index (χ0v) is 22.0. The molecular weight excluding hydrogens is 516 g/mol. The number of amides is 1. The van der Waals surface area contributed by atoms with E-state index in [1.165, 1.54) is 10.6 Å². The van der Waals surface area contributed by atoms with Gasteiger partial charge in [0.1, 0.15) is 11.2 Å². The fourth-order valence-electron chi connectivity index (χ4n) is 4.08. The van der Waals surface area contributed by atoms with Gasteiger partial charge in [-0.3, -0.25) is 14.2 Å². The predicted octanol–water partition coefficient (Wildman–Crippen LogP) is 2.79. The summed E-state index contributed by atoms with van der Waals surface area (Å²) < 4.78 is 17.8. The molecule has 1 aliphatic heterocycles. The van der Waals surface area contributed by atoms with Gasteiger partial charge in [-0.05, 0) is 47.4 Å². The van der Waals surface area contributed by atoms with Crippen molar-refractivity contribution in [2.45, 2.75) is 20.0 Å². The molecule has 198 valence electrons. The van der Waals surface area contributed by atoms with Crippen molar-refractivity contribution in [1.29, 1.82) is 0 Å². The zero-order valence-electron chi connectivity index (χ0n) is 21.2. The molecule has 8 nitrogen and oxygen atoms in total. The average molecular weight is 543 g/mol. The molecule has 0 bridgehead atoms. The van der Waals surface area contributed by atoms with Gasteiger partial charge in [0.05, 0.1) is 17.2 Å². The second kappa shape index (κ2) is 11.8. The molecule has 1 amide bonds. The van der Waals surface area contributed by atoms with Crippen LogP contribution in [0.4, 0.5) is 0 Å². The van der Waals surface area contributed by atoms with Crippen molar-refractivity contribution in [3.63, 3.8) is 0 Å². The van der Waals surface area contributed by atoms with Gasteiger partial charge in [0.25, 0.3) is 5.56 Å². The Bertz CT molecular complexity index is 1670. The van der Waals surface area contributed by atoms with Crippen molar-refractivity contribution in [3.8, 4) is 22.6 Å². The number of thiazole rings is 1. The van der Waals surface area contributed by atoms with Crippen molar-refractivity contribution in [2.75, 3.05) is 13.4 Å². The number of hydrogen-bond donors (Lipinski definition) is 1. The molecule has 3 aromatic carbocycles. The number of benzene rings is 3. The maximum absolute atomic E-state index is 13.3. The summed E-state index contributed by atoms with van der Waals surface area (Å²) in [6.45, 7) is 2.08. The molecular formula is C30H26N2O6S. The molecule has 39 heavy (non-hydrogen) atoms. The number of fused-ring (bicyclic) bond motifs is 1. The first-order chi connectivity index (χ1) is 19.0. The highest BCUT2D eigenvalue weighted by atomic mass is 32.1. The standard InChI is InChI=1S/C30H26N2O6S/c1-2-36-29(34)16-28-32(18-27(33)31-17-21-10-13-24-25(14-21)38-19-37-24)30(35)26(39-28)15-20-8-11-23(12-9-20)22-6-4-3-5-7-22/h3-16H,2,17-19H2,1H3,(H,31,33)/b26-15+,28-16-. The molecule has 9 heteroatoms. The first kappa shape index (κ1) is 26.0. The summed E-state index contributed by atoms with van der Waals surface area (Å²) >= 11 is 1.13. The largest absolute Gasteiger partial charge is 0.463 e. The van der Waals surface area contributed by atoms with E-state index in [-0.39, 0.29) is 38.0 Å². The summed E-state index contributed by atoms with van der Waals surface area (Å²) in [5.74, 6) is 0.337. The van der Waals surface area contributed by atoms with Crippen LogP contribution in [0, 0.1) is 0 Å². The Labute approximate surface area is 228 Å². The summed E-state index contributed by atoms with van der Waals surface area (Å²) in [5.41, 5.74) is 3.46. The number of aromatic nitrogens is 1. The lowest BCUT2D eigenvalue weighted by atomic mass is 10.0. The minimum atomic E-state index is -0.577. The van der Waals surface area contributed by atoms with E-state index in [1.807, 2.05) is 60.7 Å². The minimum Gasteiger partial charge on any atom is -0.463 e. The quantitative estimate of drug-likeness (QED) is 0.344. The van der Waals surface area contributed by atoms with Gasteiger partial charge >= 0.3 is 5.97 Å². The van der Waals surface area contributed by atoms with E-state index in [0.717, 1.165) is 33.6 Å². The van der Waals surface area contributed by atoms with Crippen LogP contribution in [0.25, 0.3) is 23.3 Å². The maximum atomic E-state index is 13.3. The molecule has 0 saturated carbocycles. The number of esters is 1. The van der Waals surface area contributed by atoms with Crippen molar-refractivity contribution < 1.29 is 23.8 Å². The normalized spacial score (nSPS) is 12.9. The molecule has 2 heterocycles. The number of nitrogens with zero attached hydrogens (tertiary/aromatic N) is 1. The first-order valence-electron chi connectivity index (χ1n) is 12.4. The van der Waals surface area contributed by atoms with E-state index in [9.17, 15) is 14.4 Å². The molecule has 1 aliphatic rings. The van der Waals surface area contributed by atoms with Crippen molar-refractivity contribution in [2.24, 2.45) is 0 Å². The van der Waals surface area contributed by atoms with Crippen molar-refractivity contribution >= 4 is 35.4 Å². The fraction of sp³-hybridized carbons (Fsp3) is 0.167. The molecule has 1 N–H and O–H groups in total. The highest BCUT2D eigenvalue weighted by molar-refractivity contribution is 7.07. The molecule has 0 radical (unpaired) electrons. The first-order valence-corrected chi connectivity index (χ1v) is 13.2. The summed E-state index contributed by atoms with van der Waals surface area (Å²) in [5, 5.41) is 2.82. The molecule has 0 aliphatic carbocycles. The van der Waals surface area contributed by atoms with Crippen LogP contribution in [0.5, 0.6) is 11.5 Å². The van der Waals surface area contributed by atoms with E-state index >= 15 is 0 Å². The van der Waals surface area contributed by atoms with Crippen LogP contribution in [-0.2, 0) is 27.4 Å². The lowest BCUT2D eigenvalue weighted by Gasteiger charge is -2.07. The van der Waals surface area contributed by atoms with Gasteiger partial charge < -0.3 is 19.5 Å². The third kappa shape index (κ3) is 6.27. The van der Waals surface area contributed by atoms with E-state index in [2.05, 4.69) is 5.32 Å². The van der Waals surface area contributed by atoms with Gasteiger partial charge in [-0.2, -0.15) is 0 Å².